The molecule has 0 amide bonds. The molecule has 0 aliphatic heterocycles. The van der Waals surface area contributed by atoms with Crippen LogP contribution in [0.4, 0.5) is 0 Å². The van der Waals surface area contributed by atoms with Crippen molar-refractivity contribution >= 4 is 54.5 Å². The van der Waals surface area contributed by atoms with Gasteiger partial charge in [0.2, 0.25) is 5.24 Å². The molecule has 0 saturated carbocycles. The Morgan fingerprint density at radius 2 is 1.36 bits per heavy atom. The number of carbonyl (C=O) groups excluding carboxylic acids is 2. The number of Topliss-reactive ketones (excluding diaryl/α,β-unsaturated/α-hetero) is 1. The average molecular weight is 455 g/mol. The Kier molecular flexibility index (Phi) is 8.53. The van der Waals surface area contributed by atoms with Gasteiger partial charge in [-0.1, -0.05) is 50.1 Å². The molecule has 0 saturated heterocycles. The maximum atomic E-state index is 11.9. The molecule has 0 aromatic heterocycles. The fourth-order valence-corrected chi connectivity index (χ4v) is 1.64. The standard InChI is InChI=1S/C13H17BrO.C4H6BrClO/c1-9-6-5-7-10(2)11(9)8-12(15)13(3,4)14;1-4(2,5)3(6)7/h5-7H,8H2,1-4H3;1-2H3. The zero-order chi connectivity index (χ0) is 17.7. The number of ketones is 1. The third-order valence-electron chi connectivity index (χ3n) is 3.11. The monoisotopic (exact) mass is 452 g/mol. The number of benzene rings is 1. The van der Waals surface area contributed by atoms with Crippen molar-refractivity contribution < 1.29 is 9.59 Å². The Labute approximate surface area is 155 Å². The van der Waals surface area contributed by atoms with Crippen LogP contribution in [0.1, 0.15) is 44.4 Å². The highest BCUT2D eigenvalue weighted by atomic mass is 79.9. The summed E-state index contributed by atoms with van der Waals surface area (Å²) in [6, 6.07) is 6.13. The van der Waals surface area contributed by atoms with Crippen LogP contribution in [0.15, 0.2) is 18.2 Å². The lowest BCUT2D eigenvalue weighted by molar-refractivity contribution is -0.119. The fourth-order valence-electron chi connectivity index (χ4n) is 1.50. The van der Waals surface area contributed by atoms with Crippen LogP contribution in [0.3, 0.4) is 0 Å². The molecule has 0 heterocycles. The van der Waals surface area contributed by atoms with Crippen LogP contribution in [0.2, 0.25) is 0 Å². The first-order valence-electron chi connectivity index (χ1n) is 6.93. The third kappa shape index (κ3) is 7.89. The number of halogens is 3. The second kappa shape index (κ2) is 8.60. The summed E-state index contributed by atoms with van der Waals surface area (Å²) in [7, 11) is 0. The Bertz CT molecular complexity index is 520. The first-order chi connectivity index (χ1) is 9.76. The van der Waals surface area contributed by atoms with Crippen molar-refractivity contribution in [2.75, 3.05) is 0 Å². The Morgan fingerprint density at radius 3 is 1.64 bits per heavy atom. The maximum absolute atomic E-state index is 11.9. The van der Waals surface area contributed by atoms with E-state index in [1.807, 2.05) is 19.9 Å². The summed E-state index contributed by atoms with van der Waals surface area (Å²) in [6.45, 7) is 11.3. The summed E-state index contributed by atoms with van der Waals surface area (Å²) in [4.78, 5) is 22.1. The van der Waals surface area contributed by atoms with E-state index in [-0.39, 0.29) is 11.0 Å². The second-order valence-corrected chi connectivity index (χ2v) is 10.5. The predicted molar refractivity (Wildman–Crippen MR) is 101 cm³/mol. The molecular weight excluding hydrogens is 431 g/mol. The zero-order valence-corrected chi connectivity index (χ0v) is 17.8. The summed E-state index contributed by atoms with van der Waals surface area (Å²) in [5.74, 6) is 0.222. The van der Waals surface area contributed by atoms with E-state index >= 15 is 0 Å². The first-order valence-corrected chi connectivity index (χ1v) is 8.89. The van der Waals surface area contributed by atoms with Gasteiger partial charge in [-0.15, -0.1) is 0 Å². The number of hydrogen-bond donors (Lipinski definition) is 0. The molecule has 0 N–H and O–H groups in total. The molecule has 1 aromatic rings. The van der Waals surface area contributed by atoms with Crippen molar-refractivity contribution in [3.63, 3.8) is 0 Å². The molecule has 5 heteroatoms. The van der Waals surface area contributed by atoms with Crippen LogP contribution in [-0.4, -0.2) is 19.7 Å². The Hall–Kier alpha value is -0.190. The van der Waals surface area contributed by atoms with Gasteiger partial charge in [0.05, 0.1) is 8.65 Å². The normalized spacial score (nSPS) is 11.5. The molecule has 0 fully saturated rings. The van der Waals surface area contributed by atoms with Crippen molar-refractivity contribution in [2.24, 2.45) is 0 Å². The predicted octanol–water partition coefficient (Wildman–Crippen LogP) is 5.51. The highest BCUT2D eigenvalue weighted by molar-refractivity contribution is 9.10. The molecule has 1 aromatic carbocycles. The molecule has 0 spiro atoms. The number of carbonyl (C=O) groups is 2. The summed E-state index contributed by atoms with van der Waals surface area (Å²) < 4.78 is -0.990. The lowest BCUT2D eigenvalue weighted by atomic mass is 9.94. The molecule has 0 bridgehead atoms. The molecule has 0 aliphatic carbocycles. The molecule has 0 radical (unpaired) electrons. The van der Waals surface area contributed by atoms with Crippen LogP contribution in [0, 0.1) is 13.8 Å². The zero-order valence-electron chi connectivity index (χ0n) is 13.9. The van der Waals surface area contributed by atoms with Crippen molar-refractivity contribution in [1.82, 2.24) is 0 Å². The van der Waals surface area contributed by atoms with Gasteiger partial charge < -0.3 is 0 Å². The SMILES string of the molecule is CC(C)(Br)C(=O)Cl.Cc1cccc(C)c1CC(=O)C(C)(C)Br. The number of alkyl halides is 2. The highest BCUT2D eigenvalue weighted by Crippen LogP contribution is 2.22. The quantitative estimate of drug-likeness (QED) is 0.444. The molecule has 0 unspecified atom stereocenters. The van der Waals surface area contributed by atoms with E-state index in [2.05, 4.69) is 57.8 Å². The summed E-state index contributed by atoms with van der Waals surface area (Å²) in [5.41, 5.74) is 3.55. The number of hydrogen-bond acceptors (Lipinski definition) is 2. The minimum Gasteiger partial charge on any atom is -0.298 e. The van der Waals surface area contributed by atoms with E-state index in [9.17, 15) is 9.59 Å². The van der Waals surface area contributed by atoms with E-state index in [4.69, 9.17) is 11.6 Å². The molecule has 124 valence electrons. The van der Waals surface area contributed by atoms with Crippen LogP contribution >= 0.6 is 43.5 Å². The first kappa shape index (κ1) is 21.8. The fraction of sp³-hybridized carbons (Fsp3) is 0.529. The van der Waals surface area contributed by atoms with E-state index in [1.54, 1.807) is 13.8 Å². The van der Waals surface area contributed by atoms with Gasteiger partial charge in [0.15, 0.2) is 5.78 Å². The van der Waals surface area contributed by atoms with Gasteiger partial charge in [0.25, 0.3) is 0 Å². The van der Waals surface area contributed by atoms with Crippen LogP contribution in [0.5, 0.6) is 0 Å². The van der Waals surface area contributed by atoms with Gasteiger partial charge in [0.1, 0.15) is 0 Å². The van der Waals surface area contributed by atoms with Gasteiger partial charge in [-0.25, -0.2) is 0 Å². The van der Waals surface area contributed by atoms with Crippen molar-refractivity contribution in [3.8, 4) is 0 Å². The maximum Gasteiger partial charge on any atom is 0.237 e. The minimum atomic E-state index is -0.561. The smallest absolute Gasteiger partial charge is 0.237 e. The van der Waals surface area contributed by atoms with Crippen LogP contribution in [-0.2, 0) is 16.0 Å². The lowest BCUT2D eigenvalue weighted by Gasteiger charge is -2.16. The largest absolute Gasteiger partial charge is 0.298 e. The van der Waals surface area contributed by atoms with E-state index in [0.717, 1.165) is 5.56 Å². The van der Waals surface area contributed by atoms with Gasteiger partial charge in [-0.3, -0.25) is 9.59 Å². The van der Waals surface area contributed by atoms with E-state index in [1.165, 1.54) is 11.1 Å². The second-order valence-electron chi connectivity index (χ2n) is 6.19. The van der Waals surface area contributed by atoms with Crippen LogP contribution < -0.4 is 0 Å². The van der Waals surface area contributed by atoms with Crippen molar-refractivity contribution in [2.45, 2.75) is 56.6 Å². The summed E-state index contributed by atoms with van der Waals surface area (Å²) >= 11 is 11.5. The van der Waals surface area contributed by atoms with Gasteiger partial charge >= 0.3 is 0 Å². The molecule has 1 rings (SSSR count). The van der Waals surface area contributed by atoms with Gasteiger partial charge in [-0.2, -0.15) is 0 Å². The Balaban J connectivity index is 0.000000534. The molecular formula is C17H23Br2ClO2. The van der Waals surface area contributed by atoms with E-state index in [0.29, 0.717) is 6.42 Å². The Morgan fingerprint density at radius 1 is 1.00 bits per heavy atom. The molecule has 2 nitrogen and oxygen atoms in total. The van der Waals surface area contributed by atoms with E-state index < -0.39 is 8.65 Å². The average Bonchev–Trinajstić information content (AvgIpc) is 2.32. The van der Waals surface area contributed by atoms with Crippen molar-refractivity contribution in [1.29, 1.82) is 0 Å². The third-order valence-corrected chi connectivity index (χ3v) is 4.62. The summed E-state index contributed by atoms with van der Waals surface area (Å²) in [5, 5.41) is -0.368. The molecule has 0 atom stereocenters. The van der Waals surface area contributed by atoms with Gasteiger partial charge in [-0.05, 0) is 69.8 Å². The van der Waals surface area contributed by atoms with Crippen LogP contribution in [0.25, 0.3) is 0 Å². The molecule has 22 heavy (non-hydrogen) atoms. The number of rotatable bonds is 4. The highest BCUT2D eigenvalue weighted by Gasteiger charge is 2.24. The topological polar surface area (TPSA) is 34.1 Å². The van der Waals surface area contributed by atoms with Gasteiger partial charge in [0, 0.05) is 6.42 Å². The summed E-state index contributed by atoms with van der Waals surface area (Å²) in [6.07, 6.45) is 0.511. The minimum absolute atomic E-state index is 0.222. The molecule has 0 aliphatic rings. The van der Waals surface area contributed by atoms with Crippen molar-refractivity contribution in [3.05, 3.63) is 34.9 Å². The lowest BCUT2D eigenvalue weighted by Crippen LogP contribution is -2.26. The number of aryl methyl sites for hydroxylation is 2.